The maximum Gasteiger partial charge on any atom is 0.145 e. The molecule has 2 aromatic carbocycles. The Bertz CT molecular complexity index is 708. The molecule has 21 heavy (non-hydrogen) atoms. The second kappa shape index (κ2) is 5.80. The minimum atomic E-state index is -1.08. The zero-order valence-corrected chi connectivity index (χ0v) is 12.7. The average Bonchev–Trinajstić information content (AvgIpc) is 2.96. The Kier molecular flexibility index (Phi) is 3.86. The summed E-state index contributed by atoms with van der Waals surface area (Å²) in [5, 5.41) is 14.1. The predicted molar refractivity (Wildman–Crippen MR) is 86.4 cm³/mol. The van der Waals surface area contributed by atoms with E-state index in [9.17, 15) is 5.11 Å². The minimum absolute atomic E-state index is 0.519. The van der Waals surface area contributed by atoms with E-state index in [0.29, 0.717) is 6.42 Å². The minimum Gasteiger partial charge on any atom is -0.378 e. The van der Waals surface area contributed by atoms with Gasteiger partial charge >= 0.3 is 0 Å². The van der Waals surface area contributed by atoms with Crippen molar-refractivity contribution >= 4 is 11.3 Å². The van der Waals surface area contributed by atoms with Crippen LogP contribution in [0.3, 0.4) is 0 Å². The Labute approximate surface area is 128 Å². The molecule has 0 aliphatic heterocycles. The van der Waals surface area contributed by atoms with Crippen LogP contribution in [0.4, 0.5) is 0 Å². The molecular weight excluding hydrogens is 278 g/mol. The molecule has 0 aliphatic carbocycles. The second-order valence-corrected chi connectivity index (χ2v) is 6.04. The van der Waals surface area contributed by atoms with Gasteiger partial charge in [0.05, 0.1) is 0 Å². The van der Waals surface area contributed by atoms with Gasteiger partial charge in [0.1, 0.15) is 10.6 Å². The van der Waals surface area contributed by atoms with Gasteiger partial charge in [-0.1, -0.05) is 60.7 Å². The third kappa shape index (κ3) is 2.89. The summed E-state index contributed by atoms with van der Waals surface area (Å²) in [6.07, 6.45) is 0.519. The van der Waals surface area contributed by atoms with Crippen LogP contribution in [0.5, 0.6) is 0 Å². The van der Waals surface area contributed by atoms with Gasteiger partial charge in [-0.05, 0) is 18.1 Å². The first-order valence-electron chi connectivity index (χ1n) is 6.93. The van der Waals surface area contributed by atoms with Crippen LogP contribution in [0.2, 0.25) is 0 Å². The molecule has 3 heteroatoms. The number of aryl methyl sites for hydroxylation is 1. The van der Waals surface area contributed by atoms with Gasteiger partial charge in [0, 0.05) is 17.5 Å². The van der Waals surface area contributed by atoms with Gasteiger partial charge in [-0.2, -0.15) is 0 Å². The van der Waals surface area contributed by atoms with E-state index in [2.05, 4.69) is 4.98 Å². The van der Waals surface area contributed by atoms with Crippen LogP contribution in [0.15, 0.2) is 66.0 Å². The molecule has 0 fully saturated rings. The van der Waals surface area contributed by atoms with Crippen molar-refractivity contribution in [3.8, 4) is 0 Å². The molecule has 106 valence electrons. The van der Waals surface area contributed by atoms with Crippen molar-refractivity contribution < 1.29 is 5.11 Å². The highest BCUT2D eigenvalue weighted by Crippen LogP contribution is 2.35. The van der Waals surface area contributed by atoms with Gasteiger partial charge in [-0.25, -0.2) is 4.98 Å². The first-order valence-corrected chi connectivity index (χ1v) is 7.81. The van der Waals surface area contributed by atoms with Crippen molar-refractivity contribution in [3.05, 3.63) is 87.9 Å². The van der Waals surface area contributed by atoms with Crippen LogP contribution in [-0.4, -0.2) is 10.1 Å². The van der Waals surface area contributed by atoms with Gasteiger partial charge < -0.3 is 5.11 Å². The maximum absolute atomic E-state index is 11.4. The van der Waals surface area contributed by atoms with Crippen LogP contribution in [0.1, 0.15) is 21.8 Å². The summed E-state index contributed by atoms with van der Waals surface area (Å²) >= 11 is 1.51. The number of benzene rings is 2. The molecule has 3 aromatic rings. The summed E-state index contributed by atoms with van der Waals surface area (Å²) in [5.74, 6) is 0. The first kappa shape index (κ1) is 14.0. The van der Waals surface area contributed by atoms with Crippen molar-refractivity contribution in [1.82, 2.24) is 4.98 Å². The Morgan fingerprint density at radius 2 is 1.62 bits per heavy atom. The van der Waals surface area contributed by atoms with Crippen molar-refractivity contribution in [1.29, 1.82) is 0 Å². The Hall–Kier alpha value is -1.97. The molecular formula is C18H17NOS. The number of hydrogen-bond donors (Lipinski definition) is 1. The summed E-state index contributed by atoms with van der Waals surface area (Å²) in [6, 6.07) is 19.8. The SMILES string of the molecule is Cc1csc(C(O)(Cc2ccccc2)c2ccccc2)n1. The van der Waals surface area contributed by atoms with Gasteiger partial charge in [-0.15, -0.1) is 11.3 Å². The van der Waals surface area contributed by atoms with Crippen molar-refractivity contribution in [2.24, 2.45) is 0 Å². The number of aromatic nitrogens is 1. The van der Waals surface area contributed by atoms with Crippen LogP contribution in [-0.2, 0) is 12.0 Å². The van der Waals surface area contributed by atoms with Gasteiger partial charge in [0.15, 0.2) is 0 Å². The molecule has 2 nitrogen and oxygen atoms in total. The van der Waals surface area contributed by atoms with Crippen LogP contribution < -0.4 is 0 Å². The largest absolute Gasteiger partial charge is 0.378 e. The molecule has 0 radical (unpaired) electrons. The fourth-order valence-electron chi connectivity index (χ4n) is 2.45. The monoisotopic (exact) mass is 295 g/mol. The lowest BCUT2D eigenvalue weighted by Crippen LogP contribution is -2.30. The highest BCUT2D eigenvalue weighted by atomic mass is 32.1. The Morgan fingerprint density at radius 3 is 2.19 bits per heavy atom. The zero-order valence-electron chi connectivity index (χ0n) is 11.9. The fourth-order valence-corrected chi connectivity index (χ4v) is 3.37. The van der Waals surface area contributed by atoms with E-state index in [1.807, 2.05) is 73.0 Å². The van der Waals surface area contributed by atoms with E-state index < -0.39 is 5.60 Å². The van der Waals surface area contributed by atoms with E-state index in [1.165, 1.54) is 11.3 Å². The standard InChI is InChI=1S/C18H17NOS/c1-14-13-21-17(19-14)18(20,16-10-6-3-7-11-16)12-15-8-4-2-5-9-15/h2-11,13,20H,12H2,1H3. The van der Waals surface area contributed by atoms with Crippen molar-refractivity contribution in [2.45, 2.75) is 18.9 Å². The first-order chi connectivity index (χ1) is 10.2. The molecule has 0 aliphatic rings. The molecule has 1 N–H and O–H groups in total. The topological polar surface area (TPSA) is 33.1 Å². The second-order valence-electron chi connectivity index (χ2n) is 5.18. The van der Waals surface area contributed by atoms with Gasteiger partial charge in [0.25, 0.3) is 0 Å². The number of aliphatic hydroxyl groups is 1. The highest BCUT2D eigenvalue weighted by Gasteiger charge is 2.34. The van der Waals surface area contributed by atoms with E-state index in [4.69, 9.17) is 0 Å². The summed E-state index contributed by atoms with van der Waals surface area (Å²) < 4.78 is 0. The molecule has 1 heterocycles. The average molecular weight is 295 g/mol. The van der Waals surface area contributed by atoms with Crippen molar-refractivity contribution in [3.63, 3.8) is 0 Å². The summed E-state index contributed by atoms with van der Waals surface area (Å²) in [5.41, 5.74) is 1.83. The van der Waals surface area contributed by atoms with E-state index in [1.54, 1.807) is 0 Å². The number of rotatable bonds is 4. The summed E-state index contributed by atoms with van der Waals surface area (Å²) in [6.45, 7) is 1.95. The van der Waals surface area contributed by atoms with E-state index in [-0.39, 0.29) is 0 Å². The van der Waals surface area contributed by atoms with E-state index in [0.717, 1.165) is 21.8 Å². The predicted octanol–water partition coefficient (Wildman–Crippen LogP) is 3.93. The molecule has 1 unspecified atom stereocenters. The lowest BCUT2D eigenvalue weighted by molar-refractivity contribution is 0.0807. The molecule has 0 amide bonds. The van der Waals surface area contributed by atoms with Crippen LogP contribution >= 0.6 is 11.3 Å². The number of thiazole rings is 1. The third-order valence-electron chi connectivity index (χ3n) is 3.53. The van der Waals surface area contributed by atoms with Crippen LogP contribution in [0, 0.1) is 6.92 Å². The summed E-state index contributed by atoms with van der Waals surface area (Å²) in [4.78, 5) is 4.52. The maximum atomic E-state index is 11.4. The molecule has 0 saturated carbocycles. The van der Waals surface area contributed by atoms with Crippen LogP contribution in [0.25, 0.3) is 0 Å². The Balaban J connectivity index is 2.07. The zero-order chi connectivity index (χ0) is 14.7. The molecule has 0 bridgehead atoms. The summed E-state index contributed by atoms with van der Waals surface area (Å²) in [7, 11) is 0. The van der Waals surface area contributed by atoms with Gasteiger partial charge in [-0.3, -0.25) is 0 Å². The molecule has 0 spiro atoms. The number of nitrogens with zero attached hydrogens (tertiary/aromatic N) is 1. The third-order valence-corrected chi connectivity index (χ3v) is 4.64. The quantitative estimate of drug-likeness (QED) is 0.791. The molecule has 1 atom stereocenters. The smallest absolute Gasteiger partial charge is 0.145 e. The lowest BCUT2D eigenvalue weighted by Gasteiger charge is -2.27. The molecule has 3 rings (SSSR count). The Morgan fingerprint density at radius 1 is 1.00 bits per heavy atom. The normalized spacial score (nSPS) is 13.8. The molecule has 0 saturated heterocycles. The fraction of sp³-hybridized carbons (Fsp3) is 0.167. The highest BCUT2D eigenvalue weighted by molar-refractivity contribution is 7.09. The molecule has 1 aromatic heterocycles. The number of hydrogen-bond acceptors (Lipinski definition) is 3. The lowest BCUT2D eigenvalue weighted by atomic mass is 9.87. The van der Waals surface area contributed by atoms with Crippen molar-refractivity contribution in [2.75, 3.05) is 0 Å². The van der Waals surface area contributed by atoms with Gasteiger partial charge in [0.2, 0.25) is 0 Å². The van der Waals surface area contributed by atoms with E-state index >= 15 is 0 Å².